The van der Waals surface area contributed by atoms with Gasteiger partial charge in [0, 0.05) is 41.4 Å². The molecule has 2 heterocycles. The van der Waals surface area contributed by atoms with Crippen molar-refractivity contribution in [3.8, 4) is 11.3 Å². The van der Waals surface area contributed by atoms with Gasteiger partial charge in [0.25, 0.3) is 0 Å². The molecule has 0 bridgehead atoms. The zero-order valence-corrected chi connectivity index (χ0v) is 18.9. The van der Waals surface area contributed by atoms with E-state index in [-0.39, 0.29) is 17.3 Å². The number of allylic oxidation sites excluding steroid dienone is 1. The van der Waals surface area contributed by atoms with Gasteiger partial charge in [0.1, 0.15) is 5.69 Å². The Morgan fingerprint density at radius 2 is 2.06 bits per heavy atom. The first-order valence-corrected chi connectivity index (χ1v) is 10.7. The molecule has 8 heteroatoms. The molecule has 2 aromatic heterocycles. The number of halogens is 1. The molecular formula is C24H30FN7. The van der Waals surface area contributed by atoms with Crippen LogP contribution in [0, 0.1) is 5.82 Å². The lowest BCUT2D eigenvalue weighted by Crippen LogP contribution is -2.57. The van der Waals surface area contributed by atoms with Gasteiger partial charge in [-0.25, -0.2) is 14.4 Å². The molecular weight excluding hydrogens is 405 g/mol. The lowest BCUT2D eigenvalue weighted by Gasteiger charge is -2.38. The second-order valence-corrected chi connectivity index (χ2v) is 8.51. The van der Waals surface area contributed by atoms with Gasteiger partial charge in [0.15, 0.2) is 5.82 Å². The Bertz CT molecular complexity index is 1180. The number of rotatable bonds is 7. The van der Waals surface area contributed by atoms with Crippen LogP contribution in [-0.4, -0.2) is 58.7 Å². The predicted octanol–water partition coefficient (Wildman–Crippen LogP) is 2.88. The van der Waals surface area contributed by atoms with E-state index < -0.39 is 5.82 Å². The molecule has 1 aromatic carbocycles. The Morgan fingerprint density at radius 3 is 2.78 bits per heavy atom. The van der Waals surface area contributed by atoms with Crippen LogP contribution in [0.25, 0.3) is 22.2 Å². The molecule has 0 amide bonds. The highest BCUT2D eigenvalue weighted by molar-refractivity contribution is 5.95. The predicted molar refractivity (Wildman–Crippen MR) is 128 cm³/mol. The van der Waals surface area contributed by atoms with Crippen LogP contribution < -0.4 is 16.4 Å². The maximum absolute atomic E-state index is 14.7. The fourth-order valence-corrected chi connectivity index (χ4v) is 4.14. The van der Waals surface area contributed by atoms with Crippen molar-refractivity contribution in [3.05, 3.63) is 66.4 Å². The Hall–Kier alpha value is -3.07. The number of nitrogens with two attached hydrogens (primary N) is 1. The minimum absolute atomic E-state index is 0.238. The largest absolute Gasteiger partial charge is 0.350 e. The van der Waals surface area contributed by atoms with Crippen molar-refractivity contribution in [3.63, 3.8) is 0 Å². The number of aromatic nitrogens is 3. The number of benzene rings is 1. The molecule has 4 N–H and O–H groups in total. The molecule has 1 aliphatic rings. The van der Waals surface area contributed by atoms with Crippen LogP contribution in [0.15, 0.2) is 60.6 Å². The van der Waals surface area contributed by atoms with Gasteiger partial charge in [-0.2, -0.15) is 0 Å². The summed E-state index contributed by atoms with van der Waals surface area (Å²) in [6, 6.07) is 7.63. The third-order valence-corrected chi connectivity index (χ3v) is 6.10. The SMILES string of the molecule is CNC1(CCN(C)C)C=CC(Nc2ncc(F)c(-c3cn(C)c4ccccc34)n2)=CC1N. The smallest absolute Gasteiger partial charge is 0.227 e. The van der Waals surface area contributed by atoms with Gasteiger partial charge in [-0.3, -0.25) is 0 Å². The number of hydrogen-bond acceptors (Lipinski definition) is 6. The van der Waals surface area contributed by atoms with Crippen molar-refractivity contribution in [1.82, 2.24) is 24.8 Å². The number of likely N-dealkylation sites (N-methyl/N-ethyl adjacent to an activating group) is 1. The third-order valence-electron chi connectivity index (χ3n) is 6.10. The second-order valence-electron chi connectivity index (χ2n) is 8.51. The van der Waals surface area contributed by atoms with Crippen molar-refractivity contribution in [2.75, 3.05) is 33.0 Å². The van der Waals surface area contributed by atoms with Gasteiger partial charge in [-0.1, -0.05) is 24.3 Å². The first-order chi connectivity index (χ1) is 15.3. The van der Waals surface area contributed by atoms with E-state index in [4.69, 9.17) is 5.73 Å². The molecule has 7 nitrogen and oxygen atoms in total. The number of para-hydroxylation sites is 1. The van der Waals surface area contributed by atoms with Crippen LogP contribution >= 0.6 is 0 Å². The number of nitrogens with zero attached hydrogens (tertiary/aromatic N) is 4. The summed E-state index contributed by atoms with van der Waals surface area (Å²) in [6.07, 6.45) is 9.97. The van der Waals surface area contributed by atoms with Gasteiger partial charge in [-0.05, 0) is 52.3 Å². The average Bonchev–Trinajstić information content (AvgIpc) is 3.11. The minimum Gasteiger partial charge on any atom is -0.350 e. The highest BCUT2D eigenvalue weighted by Gasteiger charge is 2.33. The van der Waals surface area contributed by atoms with Crippen molar-refractivity contribution in [2.24, 2.45) is 12.8 Å². The monoisotopic (exact) mass is 435 g/mol. The van der Waals surface area contributed by atoms with Crippen LogP contribution in [0.4, 0.5) is 10.3 Å². The van der Waals surface area contributed by atoms with E-state index in [2.05, 4.69) is 31.6 Å². The molecule has 0 saturated heterocycles. The van der Waals surface area contributed by atoms with Crippen LogP contribution in [0.5, 0.6) is 0 Å². The average molecular weight is 436 g/mol. The zero-order valence-electron chi connectivity index (χ0n) is 18.9. The van der Waals surface area contributed by atoms with E-state index in [1.165, 1.54) is 6.20 Å². The van der Waals surface area contributed by atoms with Gasteiger partial charge >= 0.3 is 0 Å². The lowest BCUT2D eigenvalue weighted by atomic mass is 9.83. The number of fused-ring (bicyclic) bond motifs is 1. The summed E-state index contributed by atoms with van der Waals surface area (Å²) >= 11 is 0. The van der Waals surface area contributed by atoms with Crippen molar-refractivity contribution in [2.45, 2.75) is 18.0 Å². The number of hydrogen-bond donors (Lipinski definition) is 3. The van der Waals surface area contributed by atoms with Crippen LogP contribution in [0.1, 0.15) is 6.42 Å². The van der Waals surface area contributed by atoms with E-state index >= 15 is 0 Å². The molecule has 4 rings (SSSR count). The van der Waals surface area contributed by atoms with E-state index in [1.54, 1.807) is 0 Å². The minimum atomic E-state index is -0.463. The summed E-state index contributed by atoms with van der Waals surface area (Å²) in [6.45, 7) is 0.908. The molecule has 0 aliphatic heterocycles. The quantitative estimate of drug-likeness (QED) is 0.529. The maximum Gasteiger partial charge on any atom is 0.227 e. The fraction of sp³-hybridized carbons (Fsp3) is 0.333. The molecule has 2 unspecified atom stereocenters. The summed E-state index contributed by atoms with van der Waals surface area (Å²) in [5.41, 5.74) is 8.98. The summed E-state index contributed by atoms with van der Waals surface area (Å²) in [7, 11) is 7.95. The van der Waals surface area contributed by atoms with Crippen LogP contribution in [0.3, 0.4) is 0 Å². The maximum atomic E-state index is 14.7. The van der Waals surface area contributed by atoms with E-state index in [9.17, 15) is 4.39 Å². The molecule has 0 fully saturated rings. The molecule has 0 spiro atoms. The Labute approximate surface area is 187 Å². The molecule has 1 aliphatic carbocycles. The van der Waals surface area contributed by atoms with E-state index in [0.717, 1.165) is 35.1 Å². The molecule has 32 heavy (non-hydrogen) atoms. The fourth-order valence-electron chi connectivity index (χ4n) is 4.14. The lowest BCUT2D eigenvalue weighted by molar-refractivity contribution is 0.300. The standard InChI is InChI=1S/C24H30FN7/c1-27-24(11-12-31(2)3)10-9-16(13-21(24)26)29-23-28-14-19(25)22(30-23)18-15-32(4)20-8-6-5-7-17(18)20/h5-10,13-15,21,27H,11-12,26H2,1-4H3,(H,28,29,30). The van der Waals surface area contributed by atoms with Gasteiger partial charge in [-0.15, -0.1) is 0 Å². The molecule has 2 atom stereocenters. The highest BCUT2D eigenvalue weighted by atomic mass is 19.1. The first kappa shape index (κ1) is 22.1. The van der Waals surface area contributed by atoms with Crippen molar-refractivity contribution >= 4 is 16.9 Å². The Balaban J connectivity index is 1.60. The van der Waals surface area contributed by atoms with Crippen molar-refractivity contribution in [1.29, 1.82) is 0 Å². The number of anilines is 1. The van der Waals surface area contributed by atoms with E-state index in [0.29, 0.717) is 5.95 Å². The second kappa shape index (κ2) is 8.82. The first-order valence-electron chi connectivity index (χ1n) is 10.7. The summed E-state index contributed by atoms with van der Waals surface area (Å²) in [5, 5.41) is 7.50. The van der Waals surface area contributed by atoms with Crippen LogP contribution in [-0.2, 0) is 7.05 Å². The third kappa shape index (κ3) is 4.17. The zero-order chi connectivity index (χ0) is 22.9. The number of nitrogens with one attached hydrogen (secondary N) is 2. The summed E-state index contributed by atoms with van der Waals surface area (Å²) < 4.78 is 16.7. The van der Waals surface area contributed by atoms with Gasteiger partial charge in [0.05, 0.1) is 11.7 Å². The molecule has 3 aromatic rings. The summed E-state index contributed by atoms with van der Waals surface area (Å²) in [5.74, 6) is -0.141. The Morgan fingerprint density at radius 1 is 1.28 bits per heavy atom. The van der Waals surface area contributed by atoms with Gasteiger partial charge < -0.3 is 25.8 Å². The van der Waals surface area contributed by atoms with Gasteiger partial charge in [0.2, 0.25) is 5.95 Å². The summed E-state index contributed by atoms with van der Waals surface area (Å²) in [4.78, 5) is 10.8. The topological polar surface area (TPSA) is 84.0 Å². The van der Waals surface area contributed by atoms with Crippen molar-refractivity contribution < 1.29 is 4.39 Å². The normalized spacial score (nSPS) is 20.7. The molecule has 168 valence electrons. The Kier molecular flexibility index (Phi) is 6.10. The molecule has 0 saturated carbocycles. The molecule has 0 radical (unpaired) electrons. The number of aryl methyl sites for hydroxylation is 1. The van der Waals surface area contributed by atoms with Crippen LogP contribution in [0.2, 0.25) is 0 Å². The highest BCUT2D eigenvalue weighted by Crippen LogP contribution is 2.31. The van der Waals surface area contributed by atoms with E-state index in [1.807, 2.05) is 75.4 Å².